The van der Waals surface area contributed by atoms with Crippen molar-refractivity contribution in [1.82, 2.24) is 10.3 Å². The van der Waals surface area contributed by atoms with Gasteiger partial charge in [0.15, 0.2) is 0 Å². The van der Waals surface area contributed by atoms with Gasteiger partial charge >= 0.3 is 0 Å². The summed E-state index contributed by atoms with van der Waals surface area (Å²) < 4.78 is 0. The predicted octanol–water partition coefficient (Wildman–Crippen LogP) is 2.12. The molecule has 0 aliphatic heterocycles. The number of hydrogen-bond donors (Lipinski definition) is 2. The van der Waals surface area contributed by atoms with Crippen LogP contribution in [0.3, 0.4) is 0 Å². The van der Waals surface area contributed by atoms with E-state index in [4.69, 9.17) is 0 Å². The molecule has 6 nitrogen and oxygen atoms in total. The molecular formula is C15H17N3O3. The molecule has 1 unspecified atom stereocenters. The lowest BCUT2D eigenvalue weighted by Gasteiger charge is -2.12. The summed E-state index contributed by atoms with van der Waals surface area (Å²) in [7, 11) is 0. The Hall–Kier alpha value is -2.31. The number of hydrogen-bond acceptors (Lipinski definition) is 5. The van der Waals surface area contributed by atoms with Crippen LogP contribution in [0, 0.1) is 17.0 Å². The summed E-state index contributed by atoms with van der Waals surface area (Å²) in [6.07, 6.45) is -0.712. The normalized spacial score (nSPS) is 12.1. The van der Waals surface area contributed by atoms with E-state index in [1.807, 2.05) is 25.1 Å². The van der Waals surface area contributed by atoms with Crippen molar-refractivity contribution in [3.05, 3.63) is 69.5 Å². The van der Waals surface area contributed by atoms with Crippen molar-refractivity contribution in [2.75, 3.05) is 6.54 Å². The van der Waals surface area contributed by atoms with Gasteiger partial charge in [0.05, 0.1) is 16.7 Å². The lowest BCUT2D eigenvalue weighted by atomic mass is 10.1. The summed E-state index contributed by atoms with van der Waals surface area (Å²) in [6.45, 7) is 2.84. The summed E-state index contributed by atoms with van der Waals surface area (Å²) in [5.41, 5.74) is 2.52. The molecule has 0 saturated heterocycles. The van der Waals surface area contributed by atoms with Gasteiger partial charge in [-0.25, -0.2) is 0 Å². The number of pyridine rings is 1. The maximum atomic E-state index is 10.6. The highest BCUT2D eigenvalue weighted by molar-refractivity contribution is 5.33. The smallest absolute Gasteiger partial charge is 0.269 e. The quantitative estimate of drug-likeness (QED) is 0.627. The number of aromatic nitrogens is 1. The fourth-order valence-electron chi connectivity index (χ4n) is 1.97. The first kappa shape index (κ1) is 15.1. The largest absolute Gasteiger partial charge is 0.387 e. The molecular weight excluding hydrogens is 270 g/mol. The molecule has 1 heterocycles. The highest BCUT2D eigenvalue weighted by atomic mass is 16.6. The van der Waals surface area contributed by atoms with Gasteiger partial charge in [0, 0.05) is 30.9 Å². The van der Waals surface area contributed by atoms with E-state index in [0.717, 1.165) is 11.4 Å². The van der Waals surface area contributed by atoms with Crippen LogP contribution in [0.2, 0.25) is 0 Å². The number of nitro groups is 1. The van der Waals surface area contributed by atoms with E-state index in [1.165, 1.54) is 12.1 Å². The van der Waals surface area contributed by atoms with E-state index in [0.29, 0.717) is 18.7 Å². The number of nitrogens with one attached hydrogen (secondary N) is 1. The summed E-state index contributed by atoms with van der Waals surface area (Å²) >= 11 is 0. The minimum Gasteiger partial charge on any atom is -0.387 e. The Morgan fingerprint density at radius 2 is 2.00 bits per heavy atom. The van der Waals surface area contributed by atoms with Gasteiger partial charge in [0.1, 0.15) is 0 Å². The summed E-state index contributed by atoms with van der Waals surface area (Å²) in [5.74, 6) is 0. The number of rotatable bonds is 6. The maximum Gasteiger partial charge on any atom is 0.269 e. The molecule has 0 amide bonds. The molecule has 0 aliphatic carbocycles. The lowest BCUT2D eigenvalue weighted by Crippen LogP contribution is -2.21. The Kier molecular flexibility index (Phi) is 4.97. The molecule has 0 fully saturated rings. The van der Waals surface area contributed by atoms with Gasteiger partial charge < -0.3 is 10.4 Å². The van der Waals surface area contributed by atoms with Gasteiger partial charge in [0.2, 0.25) is 0 Å². The van der Waals surface area contributed by atoms with E-state index in [9.17, 15) is 15.2 Å². The number of benzene rings is 1. The molecule has 1 aromatic heterocycles. The van der Waals surface area contributed by atoms with E-state index in [-0.39, 0.29) is 5.69 Å². The lowest BCUT2D eigenvalue weighted by molar-refractivity contribution is -0.384. The summed E-state index contributed by atoms with van der Waals surface area (Å²) in [5, 5.41) is 23.7. The SMILES string of the molecule is Cc1cccc(CNCC(O)c2ccc([N+](=O)[O-])cc2)n1. The van der Waals surface area contributed by atoms with Crippen LogP contribution >= 0.6 is 0 Å². The Labute approximate surface area is 122 Å². The molecule has 0 spiro atoms. The van der Waals surface area contributed by atoms with Crippen molar-refractivity contribution < 1.29 is 10.0 Å². The first-order chi connectivity index (χ1) is 10.1. The van der Waals surface area contributed by atoms with Crippen LogP contribution in [-0.2, 0) is 6.54 Å². The van der Waals surface area contributed by atoms with Crippen LogP contribution < -0.4 is 5.32 Å². The maximum absolute atomic E-state index is 10.6. The number of non-ortho nitro benzene ring substituents is 1. The molecule has 21 heavy (non-hydrogen) atoms. The third kappa shape index (κ3) is 4.34. The van der Waals surface area contributed by atoms with Crippen molar-refractivity contribution >= 4 is 5.69 Å². The minimum atomic E-state index is -0.712. The first-order valence-corrected chi connectivity index (χ1v) is 6.62. The van der Waals surface area contributed by atoms with Gasteiger partial charge in [-0.1, -0.05) is 6.07 Å². The Bertz CT molecular complexity index is 614. The van der Waals surface area contributed by atoms with Crippen molar-refractivity contribution in [2.24, 2.45) is 0 Å². The second kappa shape index (κ2) is 6.92. The van der Waals surface area contributed by atoms with Crippen molar-refractivity contribution in [3.8, 4) is 0 Å². The summed E-state index contributed by atoms with van der Waals surface area (Å²) in [6, 6.07) is 11.7. The fourth-order valence-corrected chi connectivity index (χ4v) is 1.97. The monoisotopic (exact) mass is 287 g/mol. The van der Waals surface area contributed by atoms with Crippen molar-refractivity contribution in [2.45, 2.75) is 19.6 Å². The molecule has 2 rings (SSSR count). The first-order valence-electron chi connectivity index (χ1n) is 6.62. The molecule has 0 aliphatic rings. The zero-order chi connectivity index (χ0) is 15.2. The van der Waals surface area contributed by atoms with Crippen LogP contribution in [0.1, 0.15) is 23.1 Å². The molecule has 1 aromatic carbocycles. The van der Waals surface area contributed by atoms with E-state index < -0.39 is 11.0 Å². The van der Waals surface area contributed by atoms with Gasteiger partial charge in [0.25, 0.3) is 5.69 Å². The zero-order valence-electron chi connectivity index (χ0n) is 11.7. The minimum absolute atomic E-state index is 0.0165. The van der Waals surface area contributed by atoms with Crippen molar-refractivity contribution in [1.29, 1.82) is 0 Å². The molecule has 2 aromatic rings. The zero-order valence-corrected chi connectivity index (χ0v) is 11.7. The van der Waals surface area contributed by atoms with E-state index in [2.05, 4.69) is 10.3 Å². The number of aliphatic hydroxyl groups is 1. The predicted molar refractivity (Wildman–Crippen MR) is 78.7 cm³/mol. The van der Waals surface area contributed by atoms with Gasteiger partial charge in [-0.3, -0.25) is 15.1 Å². The van der Waals surface area contributed by atoms with Crippen molar-refractivity contribution in [3.63, 3.8) is 0 Å². The third-order valence-corrected chi connectivity index (χ3v) is 3.08. The Balaban J connectivity index is 1.86. The van der Waals surface area contributed by atoms with E-state index in [1.54, 1.807) is 12.1 Å². The Morgan fingerprint density at radius 3 is 2.62 bits per heavy atom. The van der Waals surface area contributed by atoms with Gasteiger partial charge in [-0.05, 0) is 36.8 Å². The average Bonchev–Trinajstić information content (AvgIpc) is 2.47. The summed E-state index contributed by atoms with van der Waals surface area (Å²) in [4.78, 5) is 14.5. The second-order valence-corrected chi connectivity index (χ2v) is 4.77. The molecule has 0 radical (unpaired) electrons. The molecule has 0 saturated carbocycles. The Morgan fingerprint density at radius 1 is 1.29 bits per heavy atom. The third-order valence-electron chi connectivity index (χ3n) is 3.08. The number of aliphatic hydroxyl groups excluding tert-OH is 1. The molecule has 110 valence electrons. The fraction of sp³-hybridized carbons (Fsp3) is 0.267. The average molecular weight is 287 g/mol. The van der Waals surface area contributed by atoms with Gasteiger partial charge in [-0.2, -0.15) is 0 Å². The van der Waals surface area contributed by atoms with Crippen LogP contribution in [-0.4, -0.2) is 21.6 Å². The standard InChI is InChI=1S/C15H17N3O3/c1-11-3-2-4-13(17-11)9-16-10-15(19)12-5-7-14(8-6-12)18(20)21/h2-8,15-16,19H,9-10H2,1H3. The van der Waals surface area contributed by atoms with E-state index >= 15 is 0 Å². The number of aryl methyl sites for hydroxylation is 1. The molecule has 0 bridgehead atoms. The topological polar surface area (TPSA) is 88.3 Å². The molecule has 1 atom stereocenters. The van der Waals surface area contributed by atoms with Crippen LogP contribution in [0.25, 0.3) is 0 Å². The number of nitrogens with zero attached hydrogens (tertiary/aromatic N) is 2. The van der Waals surface area contributed by atoms with Crippen LogP contribution in [0.5, 0.6) is 0 Å². The molecule has 2 N–H and O–H groups in total. The van der Waals surface area contributed by atoms with Crippen LogP contribution in [0.15, 0.2) is 42.5 Å². The highest BCUT2D eigenvalue weighted by Gasteiger charge is 2.10. The number of nitro benzene ring substituents is 1. The van der Waals surface area contributed by atoms with Gasteiger partial charge in [-0.15, -0.1) is 0 Å². The van der Waals surface area contributed by atoms with Crippen LogP contribution in [0.4, 0.5) is 5.69 Å². The molecule has 6 heteroatoms. The second-order valence-electron chi connectivity index (χ2n) is 4.77. The highest BCUT2D eigenvalue weighted by Crippen LogP contribution is 2.17.